The normalized spacial score (nSPS) is 23.5. The average molecular weight is 333 g/mol. The first-order valence-corrected chi connectivity index (χ1v) is 9.31. The summed E-state index contributed by atoms with van der Waals surface area (Å²) in [5.41, 5.74) is 2.04. The van der Waals surface area contributed by atoms with Crippen LogP contribution in [0.15, 0.2) is 6.20 Å². The van der Waals surface area contributed by atoms with Gasteiger partial charge in [0.25, 0.3) is 0 Å². The molecule has 1 saturated carbocycles. The Morgan fingerprint density at radius 1 is 1.38 bits per heavy atom. The van der Waals surface area contributed by atoms with E-state index in [-0.39, 0.29) is 18.1 Å². The Morgan fingerprint density at radius 3 is 2.79 bits per heavy atom. The van der Waals surface area contributed by atoms with E-state index < -0.39 is 0 Å². The summed E-state index contributed by atoms with van der Waals surface area (Å²) in [5, 5.41) is 10.5. The van der Waals surface area contributed by atoms with Crippen LogP contribution in [0.1, 0.15) is 56.3 Å². The zero-order valence-corrected chi connectivity index (χ0v) is 15.2. The van der Waals surface area contributed by atoms with Gasteiger partial charge in [-0.1, -0.05) is 12.8 Å². The van der Waals surface area contributed by atoms with Crippen molar-refractivity contribution in [3.63, 3.8) is 0 Å². The fourth-order valence-corrected chi connectivity index (χ4v) is 4.22. The fraction of sp³-hybridized carbons (Fsp3) is 0.778. The molecule has 2 N–H and O–H groups in total. The third-order valence-corrected chi connectivity index (χ3v) is 5.46. The first-order chi connectivity index (χ1) is 11.5. The van der Waals surface area contributed by atoms with Crippen molar-refractivity contribution in [3.05, 3.63) is 17.5 Å². The van der Waals surface area contributed by atoms with E-state index >= 15 is 0 Å². The van der Waals surface area contributed by atoms with Gasteiger partial charge in [0.2, 0.25) is 0 Å². The minimum absolute atomic E-state index is 0.0327. The molecule has 134 valence electrons. The summed E-state index contributed by atoms with van der Waals surface area (Å²) < 4.78 is 1.79. The number of aromatic nitrogens is 2. The molecule has 0 unspecified atom stereocenters. The zero-order valence-electron chi connectivity index (χ0n) is 15.2. The molecule has 6 heteroatoms. The average Bonchev–Trinajstić information content (AvgIpc) is 3.22. The molecular formula is C18H31N5O. The van der Waals surface area contributed by atoms with Gasteiger partial charge in [0.1, 0.15) is 0 Å². The van der Waals surface area contributed by atoms with Crippen LogP contribution in [0, 0.1) is 12.8 Å². The fourth-order valence-electron chi connectivity index (χ4n) is 4.22. The molecular weight excluding hydrogens is 302 g/mol. The van der Waals surface area contributed by atoms with Crippen molar-refractivity contribution in [2.45, 2.75) is 58.0 Å². The lowest BCUT2D eigenvalue weighted by Gasteiger charge is -2.21. The van der Waals surface area contributed by atoms with Gasteiger partial charge in [-0.25, -0.2) is 4.79 Å². The maximum atomic E-state index is 12.3. The molecule has 6 nitrogen and oxygen atoms in total. The van der Waals surface area contributed by atoms with Gasteiger partial charge in [-0.3, -0.25) is 4.68 Å². The number of rotatable bonds is 5. The Balaban J connectivity index is 1.42. The molecule has 2 heterocycles. The van der Waals surface area contributed by atoms with Gasteiger partial charge in [-0.05, 0) is 39.0 Å². The molecule has 2 amide bonds. The highest BCUT2D eigenvalue weighted by molar-refractivity contribution is 5.74. The third kappa shape index (κ3) is 4.29. The van der Waals surface area contributed by atoms with E-state index in [0.717, 1.165) is 36.7 Å². The number of aryl methyl sites for hydroxylation is 2. The maximum absolute atomic E-state index is 12.3. The summed E-state index contributed by atoms with van der Waals surface area (Å²) in [6, 6.07) is 0.168. The van der Waals surface area contributed by atoms with Crippen LogP contribution in [-0.2, 0) is 7.05 Å². The number of nitrogens with zero attached hydrogens (tertiary/aromatic N) is 3. The lowest BCUT2D eigenvalue weighted by molar-refractivity contribution is 0.231. The molecule has 0 aromatic carbocycles. The predicted octanol–water partition coefficient (Wildman–Crippen LogP) is 2.35. The molecule has 2 atom stereocenters. The first-order valence-electron chi connectivity index (χ1n) is 9.31. The lowest BCUT2D eigenvalue weighted by Crippen LogP contribution is -2.44. The molecule has 2 aliphatic rings. The van der Waals surface area contributed by atoms with Crippen LogP contribution < -0.4 is 10.6 Å². The first kappa shape index (κ1) is 17.3. The lowest BCUT2D eigenvalue weighted by atomic mass is 10.1. The number of hydrogen-bond donors (Lipinski definition) is 2. The highest BCUT2D eigenvalue weighted by Crippen LogP contribution is 2.26. The summed E-state index contributed by atoms with van der Waals surface area (Å²) in [4.78, 5) is 14.8. The van der Waals surface area contributed by atoms with Crippen molar-refractivity contribution in [1.29, 1.82) is 0 Å². The number of likely N-dealkylation sites (tertiary alicyclic amines) is 1. The summed E-state index contributed by atoms with van der Waals surface area (Å²) in [6.45, 7) is 7.29. The Bertz CT molecular complexity index is 564. The van der Waals surface area contributed by atoms with Crippen LogP contribution in [0.5, 0.6) is 0 Å². The van der Waals surface area contributed by atoms with Crippen molar-refractivity contribution in [1.82, 2.24) is 25.3 Å². The van der Waals surface area contributed by atoms with Crippen molar-refractivity contribution >= 4 is 6.03 Å². The van der Waals surface area contributed by atoms with Gasteiger partial charge >= 0.3 is 6.03 Å². The van der Waals surface area contributed by atoms with E-state index in [0.29, 0.717) is 0 Å². The molecule has 1 saturated heterocycles. The standard InChI is InChI=1S/C18H31N5O/c1-13(17-12-22(3)21-14(17)2)19-18(24)20-16-8-9-23(11-16)10-15-6-4-5-7-15/h12-13,15-16H,4-11H2,1-3H3,(H2,19,20,24)/t13-,16-/m1/s1. The van der Waals surface area contributed by atoms with Gasteiger partial charge in [0.15, 0.2) is 0 Å². The third-order valence-electron chi connectivity index (χ3n) is 5.46. The van der Waals surface area contributed by atoms with Crippen LogP contribution >= 0.6 is 0 Å². The van der Waals surface area contributed by atoms with Gasteiger partial charge in [0.05, 0.1) is 11.7 Å². The zero-order chi connectivity index (χ0) is 17.1. The summed E-state index contributed by atoms with van der Waals surface area (Å²) >= 11 is 0. The number of carbonyl (C=O) groups is 1. The van der Waals surface area contributed by atoms with Gasteiger partial charge in [-0.2, -0.15) is 5.10 Å². The number of urea groups is 1. The quantitative estimate of drug-likeness (QED) is 0.869. The van der Waals surface area contributed by atoms with E-state index in [1.807, 2.05) is 27.1 Å². The predicted molar refractivity (Wildman–Crippen MR) is 94.8 cm³/mol. The minimum atomic E-state index is -0.0709. The molecule has 0 bridgehead atoms. The van der Waals surface area contributed by atoms with Crippen LogP contribution in [0.4, 0.5) is 4.79 Å². The van der Waals surface area contributed by atoms with Crippen LogP contribution in [0.2, 0.25) is 0 Å². The number of hydrogen-bond acceptors (Lipinski definition) is 3. The number of carbonyl (C=O) groups excluding carboxylic acids is 1. The Kier molecular flexibility index (Phi) is 5.43. The van der Waals surface area contributed by atoms with Gasteiger partial charge in [-0.15, -0.1) is 0 Å². The molecule has 0 spiro atoms. The highest BCUT2D eigenvalue weighted by atomic mass is 16.2. The second kappa shape index (κ2) is 7.55. The van der Waals surface area contributed by atoms with E-state index in [1.165, 1.54) is 32.2 Å². The molecule has 3 rings (SSSR count). The van der Waals surface area contributed by atoms with Crippen LogP contribution in [0.25, 0.3) is 0 Å². The SMILES string of the molecule is Cc1nn(C)cc1[C@@H](C)NC(=O)N[C@@H]1CCN(CC2CCCC2)C1. The van der Waals surface area contributed by atoms with E-state index in [9.17, 15) is 4.79 Å². The molecule has 2 fully saturated rings. The van der Waals surface area contributed by atoms with Crippen molar-refractivity contribution in [3.8, 4) is 0 Å². The van der Waals surface area contributed by atoms with Crippen LogP contribution in [-0.4, -0.2) is 46.4 Å². The second-order valence-electron chi connectivity index (χ2n) is 7.58. The Morgan fingerprint density at radius 2 is 2.12 bits per heavy atom. The molecule has 0 radical (unpaired) electrons. The number of nitrogens with one attached hydrogen (secondary N) is 2. The largest absolute Gasteiger partial charge is 0.334 e. The van der Waals surface area contributed by atoms with Crippen molar-refractivity contribution in [2.24, 2.45) is 13.0 Å². The molecule has 1 aromatic rings. The van der Waals surface area contributed by atoms with Crippen LogP contribution in [0.3, 0.4) is 0 Å². The molecule has 1 aromatic heterocycles. The van der Waals surface area contributed by atoms with Gasteiger partial charge < -0.3 is 15.5 Å². The minimum Gasteiger partial charge on any atom is -0.334 e. The smallest absolute Gasteiger partial charge is 0.315 e. The van der Waals surface area contributed by atoms with E-state index in [1.54, 1.807) is 4.68 Å². The monoisotopic (exact) mass is 333 g/mol. The topological polar surface area (TPSA) is 62.2 Å². The Labute approximate surface area is 145 Å². The summed E-state index contributed by atoms with van der Waals surface area (Å²) in [7, 11) is 1.90. The summed E-state index contributed by atoms with van der Waals surface area (Å²) in [5.74, 6) is 0.881. The number of amides is 2. The van der Waals surface area contributed by atoms with E-state index in [2.05, 4.69) is 20.6 Å². The van der Waals surface area contributed by atoms with Gasteiger partial charge in [0, 0.05) is 44.5 Å². The molecule has 1 aliphatic heterocycles. The maximum Gasteiger partial charge on any atom is 0.315 e. The Hall–Kier alpha value is -1.56. The van der Waals surface area contributed by atoms with Crippen molar-refractivity contribution in [2.75, 3.05) is 19.6 Å². The van der Waals surface area contributed by atoms with Crippen molar-refractivity contribution < 1.29 is 4.79 Å². The molecule has 1 aliphatic carbocycles. The summed E-state index contributed by atoms with van der Waals surface area (Å²) in [6.07, 6.45) is 8.59. The second-order valence-corrected chi connectivity index (χ2v) is 7.58. The molecule has 24 heavy (non-hydrogen) atoms. The highest BCUT2D eigenvalue weighted by Gasteiger charge is 2.27. The van der Waals surface area contributed by atoms with E-state index in [4.69, 9.17) is 0 Å².